The number of carbonyl (C=O) groups excluding carboxylic acids is 1. The third-order valence-electron chi connectivity index (χ3n) is 3.75. The summed E-state index contributed by atoms with van der Waals surface area (Å²) in [6.45, 7) is 6.10. The Morgan fingerprint density at radius 3 is 2.62 bits per heavy atom. The summed E-state index contributed by atoms with van der Waals surface area (Å²) in [6, 6.07) is 9.10. The second-order valence-electron chi connectivity index (χ2n) is 5.93. The molecule has 130 valence electrons. The maximum atomic E-state index is 12.7. The van der Waals surface area contributed by atoms with Gasteiger partial charge in [0.1, 0.15) is 0 Å². The van der Waals surface area contributed by atoms with Crippen LogP contribution in [0.5, 0.6) is 0 Å². The van der Waals surface area contributed by atoms with Gasteiger partial charge >= 0.3 is 0 Å². The average molecular weight is 335 g/mol. The molecule has 1 aromatic carbocycles. The van der Waals surface area contributed by atoms with E-state index in [-0.39, 0.29) is 5.91 Å². The normalized spacial score (nSPS) is 11.1. The van der Waals surface area contributed by atoms with E-state index in [2.05, 4.69) is 5.10 Å². The van der Waals surface area contributed by atoms with Crippen molar-refractivity contribution in [3.05, 3.63) is 52.8 Å². The number of halogens is 2. The monoisotopic (exact) mass is 335 g/mol. The number of hydrogen-bond donors (Lipinski definition) is 0. The van der Waals surface area contributed by atoms with Crippen LogP contribution in [0.25, 0.3) is 0 Å². The molecule has 0 bridgehead atoms. The minimum atomic E-state index is -2.53. The number of amides is 1. The van der Waals surface area contributed by atoms with E-state index in [0.29, 0.717) is 25.1 Å². The summed E-state index contributed by atoms with van der Waals surface area (Å²) < 4.78 is 27.2. The van der Waals surface area contributed by atoms with Gasteiger partial charge in [-0.25, -0.2) is 8.78 Å². The highest BCUT2D eigenvalue weighted by molar-refractivity contribution is 5.94. The van der Waals surface area contributed by atoms with Crippen LogP contribution >= 0.6 is 0 Å². The molecule has 0 aliphatic carbocycles. The summed E-state index contributed by atoms with van der Waals surface area (Å²) in [5.41, 5.74) is 3.32. The standard InChI is InChI=1S/C18H23F2N3O/c1-4-8-22(12-17(19)20)18(24)16-7-5-6-15(10-16)11-23-14(3)9-13(2)21-23/h5-7,9-10,17H,4,8,11-12H2,1-3H3. The molecule has 0 spiro atoms. The van der Waals surface area contributed by atoms with Gasteiger partial charge in [0.15, 0.2) is 0 Å². The highest BCUT2D eigenvalue weighted by atomic mass is 19.3. The summed E-state index contributed by atoms with van der Waals surface area (Å²) >= 11 is 0. The first kappa shape index (κ1) is 18.1. The van der Waals surface area contributed by atoms with E-state index in [1.54, 1.807) is 18.2 Å². The average Bonchev–Trinajstić information content (AvgIpc) is 2.83. The van der Waals surface area contributed by atoms with E-state index in [1.165, 1.54) is 4.90 Å². The molecule has 6 heteroatoms. The van der Waals surface area contributed by atoms with Gasteiger partial charge in [-0.2, -0.15) is 5.10 Å². The van der Waals surface area contributed by atoms with Gasteiger partial charge in [0.05, 0.1) is 18.8 Å². The van der Waals surface area contributed by atoms with Crippen LogP contribution < -0.4 is 0 Å². The predicted molar refractivity (Wildman–Crippen MR) is 89.4 cm³/mol. The van der Waals surface area contributed by atoms with Crippen molar-refractivity contribution >= 4 is 5.91 Å². The van der Waals surface area contributed by atoms with Crippen LogP contribution in [0.3, 0.4) is 0 Å². The number of alkyl halides is 2. The van der Waals surface area contributed by atoms with Crippen molar-refractivity contribution in [1.82, 2.24) is 14.7 Å². The fourth-order valence-corrected chi connectivity index (χ4v) is 2.71. The molecule has 0 aliphatic heterocycles. The van der Waals surface area contributed by atoms with Gasteiger partial charge in [-0.1, -0.05) is 19.1 Å². The van der Waals surface area contributed by atoms with Crippen LogP contribution in [0.15, 0.2) is 30.3 Å². The molecule has 0 unspecified atom stereocenters. The summed E-state index contributed by atoms with van der Waals surface area (Å²) in [5.74, 6) is -0.354. The second-order valence-corrected chi connectivity index (χ2v) is 5.93. The molecule has 1 heterocycles. The minimum absolute atomic E-state index is 0.324. The molecule has 0 radical (unpaired) electrons. The zero-order chi connectivity index (χ0) is 17.7. The first-order chi connectivity index (χ1) is 11.4. The highest BCUT2D eigenvalue weighted by Gasteiger charge is 2.19. The Bertz CT molecular complexity index is 697. The summed E-state index contributed by atoms with van der Waals surface area (Å²) in [5, 5.41) is 4.41. The van der Waals surface area contributed by atoms with Gasteiger partial charge in [0.25, 0.3) is 12.3 Å². The Hall–Kier alpha value is -2.24. The number of hydrogen-bond acceptors (Lipinski definition) is 2. The van der Waals surface area contributed by atoms with Gasteiger partial charge in [-0.05, 0) is 44.0 Å². The maximum absolute atomic E-state index is 12.7. The van der Waals surface area contributed by atoms with E-state index in [1.807, 2.05) is 37.6 Å². The van der Waals surface area contributed by atoms with Gasteiger partial charge in [-0.15, -0.1) is 0 Å². The van der Waals surface area contributed by atoms with Crippen molar-refractivity contribution in [3.63, 3.8) is 0 Å². The van der Waals surface area contributed by atoms with E-state index >= 15 is 0 Å². The molecule has 0 N–H and O–H groups in total. The van der Waals surface area contributed by atoms with Crippen molar-refractivity contribution in [2.45, 2.75) is 40.2 Å². The zero-order valence-corrected chi connectivity index (χ0v) is 14.3. The van der Waals surface area contributed by atoms with Crippen LogP contribution in [0, 0.1) is 13.8 Å². The number of carbonyl (C=O) groups is 1. The Kier molecular flexibility index (Phi) is 6.06. The van der Waals surface area contributed by atoms with Crippen molar-refractivity contribution in [2.75, 3.05) is 13.1 Å². The van der Waals surface area contributed by atoms with Crippen molar-refractivity contribution in [2.24, 2.45) is 0 Å². The third kappa shape index (κ3) is 4.63. The second kappa shape index (κ2) is 8.04. The third-order valence-corrected chi connectivity index (χ3v) is 3.75. The molecule has 1 amide bonds. The van der Waals surface area contributed by atoms with Gasteiger partial charge in [-0.3, -0.25) is 9.48 Å². The van der Waals surface area contributed by atoms with E-state index in [0.717, 1.165) is 17.0 Å². The van der Waals surface area contributed by atoms with Crippen LogP contribution in [-0.4, -0.2) is 40.1 Å². The van der Waals surface area contributed by atoms with Crippen LogP contribution in [0.4, 0.5) is 8.78 Å². The number of benzene rings is 1. The molecule has 0 fully saturated rings. The Morgan fingerprint density at radius 1 is 1.29 bits per heavy atom. The Balaban J connectivity index is 2.19. The lowest BCUT2D eigenvalue weighted by Gasteiger charge is -2.22. The van der Waals surface area contributed by atoms with Crippen molar-refractivity contribution in [1.29, 1.82) is 0 Å². The smallest absolute Gasteiger partial charge is 0.255 e. The molecule has 2 rings (SSSR count). The van der Waals surface area contributed by atoms with E-state index < -0.39 is 13.0 Å². The number of rotatable bonds is 7. The molecular weight excluding hydrogens is 312 g/mol. The lowest BCUT2D eigenvalue weighted by atomic mass is 10.1. The SMILES string of the molecule is CCCN(CC(F)F)C(=O)c1cccc(Cn2nc(C)cc2C)c1. The van der Waals surface area contributed by atoms with Gasteiger partial charge in [0.2, 0.25) is 0 Å². The number of nitrogens with zero attached hydrogens (tertiary/aromatic N) is 3. The summed E-state index contributed by atoms with van der Waals surface area (Å²) in [7, 11) is 0. The topological polar surface area (TPSA) is 38.1 Å². The van der Waals surface area contributed by atoms with Crippen LogP contribution in [0.1, 0.15) is 40.7 Å². The van der Waals surface area contributed by atoms with Crippen molar-refractivity contribution < 1.29 is 13.6 Å². The number of aromatic nitrogens is 2. The molecule has 24 heavy (non-hydrogen) atoms. The minimum Gasteiger partial charge on any atom is -0.333 e. The molecule has 0 atom stereocenters. The summed E-state index contributed by atoms with van der Waals surface area (Å²) in [6.07, 6.45) is -1.89. The quantitative estimate of drug-likeness (QED) is 0.774. The molecular formula is C18H23F2N3O. The zero-order valence-electron chi connectivity index (χ0n) is 14.3. The van der Waals surface area contributed by atoms with Crippen molar-refractivity contribution in [3.8, 4) is 0 Å². The first-order valence-electron chi connectivity index (χ1n) is 8.08. The lowest BCUT2D eigenvalue weighted by Crippen LogP contribution is -2.35. The fraction of sp³-hybridized carbons (Fsp3) is 0.444. The number of aryl methyl sites for hydroxylation is 2. The maximum Gasteiger partial charge on any atom is 0.255 e. The molecule has 1 aromatic heterocycles. The largest absolute Gasteiger partial charge is 0.333 e. The van der Waals surface area contributed by atoms with Crippen LogP contribution in [0.2, 0.25) is 0 Å². The molecule has 4 nitrogen and oxygen atoms in total. The molecule has 0 saturated carbocycles. The fourth-order valence-electron chi connectivity index (χ4n) is 2.71. The predicted octanol–water partition coefficient (Wildman–Crippen LogP) is 3.67. The molecule has 2 aromatic rings. The molecule has 0 aliphatic rings. The van der Waals surface area contributed by atoms with E-state index in [9.17, 15) is 13.6 Å². The van der Waals surface area contributed by atoms with E-state index in [4.69, 9.17) is 0 Å². The van der Waals surface area contributed by atoms with Gasteiger partial charge < -0.3 is 4.90 Å². The highest BCUT2D eigenvalue weighted by Crippen LogP contribution is 2.13. The first-order valence-corrected chi connectivity index (χ1v) is 8.08. The Morgan fingerprint density at radius 2 is 2.04 bits per heavy atom. The van der Waals surface area contributed by atoms with Gasteiger partial charge in [0, 0.05) is 17.8 Å². The summed E-state index contributed by atoms with van der Waals surface area (Å²) in [4.78, 5) is 13.7. The van der Waals surface area contributed by atoms with Crippen LogP contribution in [-0.2, 0) is 6.54 Å². The lowest BCUT2D eigenvalue weighted by molar-refractivity contribution is 0.0555. The molecule has 0 saturated heterocycles. The Labute approximate surface area is 141 Å².